The van der Waals surface area contributed by atoms with E-state index >= 15 is 0 Å². The lowest BCUT2D eigenvalue weighted by molar-refractivity contribution is 0.0915. The quantitative estimate of drug-likeness (QED) is 0.906. The minimum atomic E-state index is -0.390. The SMILES string of the molecule is Cc1cc(C)c(C(=O)NC(CO)c2ccccc2)c(C)c1. The molecule has 2 N–H and O–H groups in total. The number of carbonyl (C=O) groups is 1. The normalized spacial score (nSPS) is 12.0. The first-order valence-corrected chi connectivity index (χ1v) is 7.07. The van der Waals surface area contributed by atoms with E-state index in [4.69, 9.17) is 0 Å². The maximum Gasteiger partial charge on any atom is 0.252 e. The Morgan fingerprint density at radius 3 is 2.19 bits per heavy atom. The molecule has 2 aromatic rings. The van der Waals surface area contributed by atoms with E-state index in [1.165, 1.54) is 0 Å². The van der Waals surface area contributed by atoms with Crippen LogP contribution >= 0.6 is 0 Å². The third-order valence-corrected chi connectivity index (χ3v) is 3.59. The number of aryl methyl sites for hydroxylation is 3. The summed E-state index contributed by atoms with van der Waals surface area (Å²) < 4.78 is 0. The van der Waals surface area contributed by atoms with Crippen molar-refractivity contribution in [2.45, 2.75) is 26.8 Å². The Kier molecular flexibility index (Phi) is 4.76. The lowest BCUT2D eigenvalue weighted by Gasteiger charge is -2.19. The van der Waals surface area contributed by atoms with Crippen LogP contribution in [0.2, 0.25) is 0 Å². The molecule has 0 aliphatic carbocycles. The molecule has 1 unspecified atom stereocenters. The van der Waals surface area contributed by atoms with Crippen molar-refractivity contribution in [3.63, 3.8) is 0 Å². The predicted molar refractivity (Wildman–Crippen MR) is 84.4 cm³/mol. The van der Waals surface area contributed by atoms with Gasteiger partial charge < -0.3 is 10.4 Å². The Labute approximate surface area is 125 Å². The molecule has 0 saturated carbocycles. The van der Waals surface area contributed by atoms with E-state index in [0.29, 0.717) is 5.56 Å². The Morgan fingerprint density at radius 2 is 1.67 bits per heavy atom. The Bertz CT molecular complexity index is 612. The molecule has 21 heavy (non-hydrogen) atoms. The van der Waals surface area contributed by atoms with E-state index in [-0.39, 0.29) is 18.6 Å². The minimum Gasteiger partial charge on any atom is -0.394 e. The lowest BCUT2D eigenvalue weighted by Crippen LogP contribution is -2.31. The van der Waals surface area contributed by atoms with Gasteiger partial charge in [0, 0.05) is 5.56 Å². The van der Waals surface area contributed by atoms with Crippen molar-refractivity contribution >= 4 is 5.91 Å². The van der Waals surface area contributed by atoms with Crippen molar-refractivity contribution < 1.29 is 9.90 Å². The molecule has 0 bridgehead atoms. The molecule has 110 valence electrons. The zero-order valence-corrected chi connectivity index (χ0v) is 12.7. The van der Waals surface area contributed by atoms with Crippen molar-refractivity contribution in [1.82, 2.24) is 5.32 Å². The summed E-state index contributed by atoms with van der Waals surface area (Å²) in [6, 6.07) is 13.1. The molecule has 0 aliphatic rings. The van der Waals surface area contributed by atoms with Crippen LogP contribution in [-0.2, 0) is 0 Å². The van der Waals surface area contributed by atoms with Gasteiger partial charge >= 0.3 is 0 Å². The van der Waals surface area contributed by atoms with Crippen LogP contribution < -0.4 is 5.32 Å². The molecule has 1 amide bonds. The van der Waals surface area contributed by atoms with E-state index in [2.05, 4.69) is 5.32 Å². The van der Waals surface area contributed by atoms with Gasteiger partial charge in [0.25, 0.3) is 5.91 Å². The van der Waals surface area contributed by atoms with Crippen LogP contribution in [0.5, 0.6) is 0 Å². The molecule has 2 aromatic carbocycles. The lowest BCUT2D eigenvalue weighted by atomic mass is 9.98. The van der Waals surface area contributed by atoms with Gasteiger partial charge in [0.05, 0.1) is 12.6 Å². The van der Waals surface area contributed by atoms with Gasteiger partial charge in [0.15, 0.2) is 0 Å². The highest BCUT2D eigenvalue weighted by molar-refractivity contribution is 5.97. The van der Waals surface area contributed by atoms with Crippen LogP contribution in [0.25, 0.3) is 0 Å². The van der Waals surface area contributed by atoms with Gasteiger partial charge in [0.2, 0.25) is 0 Å². The summed E-state index contributed by atoms with van der Waals surface area (Å²) in [5, 5.41) is 12.5. The molecule has 0 saturated heterocycles. The topological polar surface area (TPSA) is 49.3 Å². The van der Waals surface area contributed by atoms with Crippen molar-refractivity contribution in [3.8, 4) is 0 Å². The van der Waals surface area contributed by atoms with Crippen molar-refractivity contribution in [3.05, 3.63) is 70.3 Å². The van der Waals surface area contributed by atoms with Crippen LogP contribution in [0.3, 0.4) is 0 Å². The molecule has 3 nitrogen and oxygen atoms in total. The summed E-state index contributed by atoms with van der Waals surface area (Å²) in [6.45, 7) is 5.76. The van der Waals surface area contributed by atoms with Gasteiger partial charge in [0.1, 0.15) is 0 Å². The minimum absolute atomic E-state index is 0.125. The summed E-state index contributed by atoms with van der Waals surface area (Å²) in [5.74, 6) is -0.145. The monoisotopic (exact) mass is 283 g/mol. The third-order valence-electron chi connectivity index (χ3n) is 3.59. The summed E-state index contributed by atoms with van der Waals surface area (Å²) in [5.41, 5.74) is 4.64. The third kappa shape index (κ3) is 3.50. The summed E-state index contributed by atoms with van der Waals surface area (Å²) in [7, 11) is 0. The van der Waals surface area contributed by atoms with Crippen LogP contribution in [-0.4, -0.2) is 17.6 Å². The van der Waals surface area contributed by atoms with Gasteiger partial charge in [-0.15, -0.1) is 0 Å². The summed E-state index contributed by atoms with van der Waals surface area (Å²) >= 11 is 0. The standard InChI is InChI=1S/C18H21NO2/c1-12-9-13(2)17(14(3)10-12)18(21)19-16(11-20)15-7-5-4-6-8-15/h4-10,16,20H,11H2,1-3H3,(H,19,21). The molecular weight excluding hydrogens is 262 g/mol. The fraction of sp³-hybridized carbons (Fsp3) is 0.278. The molecule has 0 aliphatic heterocycles. The first kappa shape index (κ1) is 15.3. The number of rotatable bonds is 4. The van der Waals surface area contributed by atoms with Crippen LogP contribution in [0.1, 0.15) is 38.7 Å². The number of benzene rings is 2. The Hall–Kier alpha value is -2.13. The second-order valence-electron chi connectivity index (χ2n) is 5.39. The average Bonchev–Trinajstić information content (AvgIpc) is 2.44. The average molecular weight is 283 g/mol. The van der Waals surface area contributed by atoms with Crippen LogP contribution in [0.4, 0.5) is 0 Å². The maximum atomic E-state index is 12.5. The van der Waals surface area contributed by atoms with Gasteiger partial charge in [-0.25, -0.2) is 0 Å². The predicted octanol–water partition coefficient (Wildman–Crippen LogP) is 3.08. The van der Waals surface area contributed by atoms with E-state index in [0.717, 1.165) is 22.3 Å². The first-order chi connectivity index (χ1) is 10.0. The number of nitrogens with one attached hydrogen (secondary N) is 1. The number of aliphatic hydroxyl groups is 1. The van der Waals surface area contributed by atoms with Gasteiger partial charge in [-0.1, -0.05) is 48.0 Å². The van der Waals surface area contributed by atoms with Crippen molar-refractivity contribution in [1.29, 1.82) is 0 Å². The molecular formula is C18H21NO2. The second-order valence-corrected chi connectivity index (χ2v) is 5.39. The number of aliphatic hydroxyl groups excluding tert-OH is 1. The van der Waals surface area contributed by atoms with Crippen LogP contribution in [0.15, 0.2) is 42.5 Å². The molecule has 0 aromatic heterocycles. The van der Waals surface area contributed by atoms with E-state index < -0.39 is 0 Å². The number of hydrogen-bond donors (Lipinski definition) is 2. The molecule has 0 heterocycles. The smallest absolute Gasteiger partial charge is 0.252 e. The molecule has 0 fully saturated rings. The Balaban J connectivity index is 2.25. The highest BCUT2D eigenvalue weighted by Crippen LogP contribution is 2.18. The van der Waals surface area contributed by atoms with E-state index in [1.807, 2.05) is 63.2 Å². The van der Waals surface area contributed by atoms with Gasteiger partial charge in [-0.3, -0.25) is 4.79 Å². The summed E-state index contributed by atoms with van der Waals surface area (Å²) in [4.78, 5) is 12.5. The molecule has 0 radical (unpaired) electrons. The number of amides is 1. The van der Waals surface area contributed by atoms with Crippen molar-refractivity contribution in [2.24, 2.45) is 0 Å². The first-order valence-electron chi connectivity index (χ1n) is 7.07. The zero-order valence-electron chi connectivity index (χ0n) is 12.7. The zero-order chi connectivity index (χ0) is 15.4. The highest BCUT2D eigenvalue weighted by atomic mass is 16.3. The Morgan fingerprint density at radius 1 is 1.10 bits per heavy atom. The second kappa shape index (κ2) is 6.55. The fourth-order valence-corrected chi connectivity index (χ4v) is 2.69. The van der Waals surface area contributed by atoms with E-state index in [1.54, 1.807) is 0 Å². The number of carbonyl (C=O) groups excluding carboxylic acids is 1. The van der Waals surface area contributed by atoms with Gasteiger partial charge in [-0.2, -0.15) is 0 Å². The highest BCUT2D eigenvalue weighted by Gasteiger charge is 2.18. The maximum absolute atomic E-state index is 12.5. The molecule has 2 rings (SSSR count). The summed E-state index contributed by atoms with van der Waals surface area (Å²) in [6.07, 6.45) is 0. The van der Waals surface area contributed by atoms with Crippen LogP contribution in [0, 0.1) is 20.8 Å². The molecule has 1 atom stereocenters. The largest absolute Gasteiger partial charge is 0.394 e. The molecule has 0 spiro atoms. The van der Waals surface area contributed by atoms with E-state index in [9.17, 15) is 9.90 Å². The van der Waals surface area contributed by atoms with Crippen molar-refractivity contribution in [2.75, 3.05) is 6.61 Å². The fourth-order valence-electron chi connectivity index (χ4n) is 2.69. The number of hydrogen-bond acceptors (Lipinski definition) is 2. The van der Waals surface area contributed by atoms with Gasteiger partial charge in [-0.05, 0) is 37.5 Å². The molecule has 3 heteroatoms.